The summed E-state index contributed by atoms with van der Waals surface area (Å²) >= 11 is 12.6. The molecule has 0 unspecified atom stereocenters. The third-order valence-electron chi connectivity index (χ3n) is 5.14. The molecule has 1 aliphatic heterocycles. The quantitative estimate of drug-likeness (QED) is 0.703. The summed E-state index contributed by atoms with van der Waals surface area (Å²) in [5.41, 5.74) is -0.0834. The highest BCUT2D eigenvalue weighted by Gasteiger charge is 2.61. The molecule has 2 aliphatic rings. The first-order valence-corrected chi connectivity index (χ1v) is 8.57. The molecule has 1 aromatic rings. The first-order chi connectivity index (χ1) is 12.0. The van der Waals surface area contributed by atoms with Gasteiger partial charge in [0, 0.05) is 11.8 Å². The van der Waals surface area contributed by atoms with Crippen LogP contribution in [0, 0.1) is 51.2 Å². The van der Waals surface area contributed by atoms with E-state index in [2.05, 4.69) is 23.5 Å². The van der Waals surface area contributed by atoms with Gasteiger partial charge in [-0.3, -0.25) is 5.41 Å². The maximum atomic E-state index is 9.92. The highest BCUT2D eigenvalue weighted by molar-refractivity contribution is 6.42. The Kier molecular flexibility index (Phi) is 4.55. The second-order valence-corrected chi connectivity index (χ2v) is 7.03. The van der Waals surface area contributed by atoms with E-state index in [9.17, 15) is 15.8 Å². The molecule has 0 bridgehead atoms. The molecule has 124 valence electrons. The normalized spacial score (nSPS) is 27.2. The fraction of sp³-hybridized carbons (Fsp3) is 0.333. The maximum Gasteiger partial charge on any atom is 0.231 e. The number of fused-ring (bicyclic) bond motifs is 1. The van der Waals surface area contributed by atoms with Crippen LogP contribution in [0.2, 0.25) is 10.0 Å². The number of hydrogen-bond donors (Lipinski definition) is 2. The molecule has 0 saturated heterocycles. The van der Waals surface area contributed by atoms with E-state index < -0.39 is 17.3 Å². The van der Waals surface area contributed by atoms with E-state index in [1.54, 1.807) is 18.2 Å². The molecule has 1 heterocycles. The molecule has 4 N–H and O–H groups in total. The Morgan fingerprint density at radius 3 is 2.56 bits per heavy atom. The lowest BCUT2D eigenvalue weighted by Crippen LogP contribution is -2.87. The van der Waals surface area contributed by atoms with Crippen molar-refractivity contribution in [1.82, 2.24) is 0 Å². The fourth-order valence-electron chi connectivity index (χ4n) is 3.98. The van der Waals surface area contributed by atoms with Crippen molar-refractivity contribution in [2.75, 3.05) is 13.1 Å². The van der Waals surface area contributed by atoms with Crippen molar-refractivity contribution < 1.29 is 10.7 Å². The number of nitriles is 3. The van der Waals surface area contributed by atoms with E-state index in [0.29, 0.717) is 22.2 Å². The summed E-state index contributed by atoms with van der Waals surface area (Å²) < 4.78 is 0. The van der Waals surface area contributed by atoms with E-state index in [1.165, 1.54) is 0 Å². The van der Waals surface area contributed by atoms with Gasteiger partial charge in [-0.15, -0.1) is 0 Å². The van der Waals surface area contributed by atoms with Gasteiger partial charge in [-0.25, -0.2) is 0 Å². The summed E-state index contributed by atoms with van der Waals surface area (Å²) in [4.78, 5) is 0. The highest BCUT2D eigenvalue weighted by atomic mass is 35.5. The molecule has 1 aliphatic carbocycles. The molecule has 0 spiro atoms. The number of rotatable bonds is 1. The zero-order valence-electron chi connectivity index (χ0n) is 13.2. The van der Waals surface area contributed by atoms with E-state index in [-0.39, 0.29) is 11.6 Å². The molecule has 7 heteroatoms. The van der Waals surface area contributed by atoms with Crippen LogP contribution in [0.5, 0.6) is 0 Å². The zero-order chi connectivity index (χ0) is 18.2. The van der Waals surface area contributed by atoms with Crippen LogP contribution in [0.15, 0.2) is 29.8 Å². The van der Waals surface area contributed by atoms with E-state index >= 15 is 0 Å². The number of nitrogens with two attached hydrogens (primary N) is 2. The molecule has 5 nitrogen and oxygen atoms in total. The molecule has 25 heavy (non-hydrogen) atoms. The first-order valence-electron chi connectivity index (χ1n) is 7.82. The van der Waals surface area contributed by atoms with Gasteiger partial charge in [0.05, 0.1) is 41.3 Å². The number of halogens is 2. The lowest BCUT2D eigenvalue weighted by molar-refractivity contribution is -0.654. The number of hydrogen-bond acceptors (Lipinski definition) is 3. The molecule has 3 rings (SSSR count). The van der Waals surface area contributed by atoms with Gasteiger partial charge in [-0.05, 0) is 23.3 Å². The Labute approximate surface area is 155 Å². The molecule has 1 aromatic carbocycles. The predicted molar refractivity (Wildman–Crippen MR) is 92.1 cm³/mol. The van der Waals surface area contributed by atoms with Crippen LogP contribution in [0.3, 0.4) is 0 Å². The highest BCUT2D eigenvalue weighted by Crippen LogP contribution is 2.53. The maximum absolute atomic E-state index is 9.92. The summed E-state index contributed by atoms with van der Waals surface area (Å²) in [6.07, 6.45) is 1.97. The molecule has 1 saturated carbocycles. The lowest BCUT2D eigenvalue weighted by atomic mass is 9.54. The Morgan fingerprint density at radius 2 is 1.92 bits per heavy atom. The van der Waals surface area contributed by atoms with Gasteiger partial charge in [-0.1, -0.05) is 35.3 Å². The Balaban J connectivity index is 2.32. The average molecular weight is 372 g/mol. The van der Waals surface area contributed by atoms with Gasteiger partial charge in [0.2, 0.25) is 11.1 Å². The molecule has 0 amide bonds. The summed E-state index contributed by atoms with van der Waals surface area (Å²) in [7, 11) is 0. The molecule has 1 fully saturated rings. The molecule has 0 radical (unpaired) electrons. The topological polar surface area (TPSA) is 114 Å². The van der Waals surface area contributed by atoms with Gasteiger partial charge < -0.3 is 5.32 Å². The monoisotopic (exact) mass is 371 g/mol. The lowest BCUT2D eigenvalue weighted by Gasteiger charge is -2.42. The molecule has 0 aromatic heterocycles. The van der Waals surface area contributed by atoms with Crippen molar-refractivity contribution in [3.63, 3.8) is 0 Å². The summed E-state index contributed by atoms with van der Waals surface area (Å²) in [5, 5.41) is 38.4. The van der Waals surface area contributed by atoms with Crippen LogP contribution < -0.4 is 10.7 Å². The number of nitrogens with zero attached hydrogens (tertiary/aromatic N) is 3. The van der Waals surface area contributed by atoms with Gasteiger partial charge in [0.15, 0.2) is 5.92 Å². The summed E-state index contributed by atoms with van der Waals surface area (Å²) in [6, 6.07) is 11.5. The van der Waals surface area contributed by atoms with Crippen molar-refractivity contribution in [2.24, 2.45) is 17.3 Å². The predicted octanol–water partition coefficient (Wildman–Crippen LogP) is 0.584. The van der Waals surface area contributed by atoms with Gasteiger partial charge in [0.25, 0.3) is 0 Å². The van der Waals surface area contributed by atoms with Crippen LogP contribution in [-0.4, -0.2) is 18.8 Å². The Hall–Kier alpha value is -2.36. The van der Waals surface area contributed by atoms with Crippen LogP contribution in [0.4, 0.5) is 0 Å². The van der Waals surface area contributed by atoms with Crippen molar-refractivity contribution in [3.05, 3.63) is 45.5 Å². The largest absolute Gasteiger partial charge is 0.342 e. The summed E-state index contributed by atoms with van der Waals surface area (Å²) in [6.45, 7) is 1.38. The minimum absolute atomic E-state index is 0.0745. The van der Waals surface area contributed by atoms with Crippen LogP contribution >= 0.6 is 23.2 Å². The number of benzene rings is 1. The third kappa shape index (κ3) is 2.43. The van der Waals surface area contributed by atoms with Crippen molar-refractivity contribution in [3.8, 4) is 18.2 Å². The van der Waals surface area contributed by atoms with Crippen molar-refractivity contribution in [1.29, 1.82) is 15.8 Å². The second-order valence-electron chi connectivity index (χ2n) is 6.24. The van der Waals surface area contributed by atoms with Crippen LogP contribution in [-0.2, 0) is 0 Å². The first kappa shape index (κ1) is 17.5. The van der Waals surface area contributed by atoms with Crippen molar-refractivity contribution in [2.45, 2.75) is 5.92 Å². The zero-order valence-corrected chi connectivity index (χ0v) is 14.7. The third-order valence-corrected chi connectivity index (χ3v) is 5.97. The SMILES string of the molecule is N#C[C@@H]1C(=[NH2+])C(C#N)(C#N)[C@H](c2cccc(Cl)c2Cl)[C@H]2C[NH2+]CC=C12. The van der Waals surface area contributed by atoms with Crippen molar-refractivity contribution >= 4 is 28.9 Å². The van der Waals surface area contributed by atoms with Gasteiger partial charge >= 0.3 is 0 Å². The van der Waals surface area contributed by atoms with E-state index in [4.69, 9.17) is 28.6 Å². The van der Waals surface area contributed by atoms with E-state index in [0.717, 1.165) is 12.1 Å². The minimum atomic E-state index is -1.64. The summed E-state index contributed by atoms with van der Waals surface area (Å²) in [5.74, 6) is -1.52. The fourth-order valence-corrected chi connectivity index (χ4v) is 4.41. The smallest absolute Gasteiger partial charge is 0.231 e. The number of quaternary nitrogens is 1. The standard InChI is InChI=1S/C18H13Cl2N5/c19-14-3-1-2-11(16(14)20)15-13-7-25-5-4-10(13)12(6-21)17(24)18(15,8-22)9-23/h1-4,12-13,15,24-25H,5,7H2/p+2/t12-,13-,15+/m0/s1. The van der Waals surface area contributed by atoms with Crippen LogP contribution in [0.25, 0.3) is 0 Å². The minimum Gasteiger partial charge on any atom is -0.342 e. The Morgan fingerprint density at radius 1 is 1.20 bits per heavy atom. The van der Waals surface area contributed by atoms with E-state index in [1.807, 2.05) is 6.08 Å². The average Bonchev–Trinajstić information content (AvgIpc) is 2.64. The Bertz CT molecular complexity index is 886. The van der Waals surface area contributed by atoms with Crippen LogP contribution in [0.1, 0.15) is 11.5 Å². The molecular weight excluding hydrogens is 357 g/mol. The molecular formula is C18H15Cl2N5+2. The molecule has 3 atom stereocenters. The second kappa shape index (κ2) is 6.51. The van der Waals surface area contributed by atoms with Gasteiger partial charge in [0.1, 0.15) is 0 Å². The van der Waals surface area contributed by atoms with Gasteiger partial charge in [-0.2, -0.15) is 15.8 Å².